The van der Waals surface area contributed by atoms with E-state index in [0.29, 0.717) is 10.3 Å². The van der Waals surface area contributed by atoms with Crippen LogP contribution in [0.5, 0.6) is 0 Å². The van der Waals surface area contributed by atoms with Gasteiger partial charge < -0.3 is 4.98 Å². The first-order valence-corrected chi connectivity index (χ1v) is 6.80. The molecular weight excluding hydrogens is 273 g/mol. The highest BCUT2D eigenvalue weighted by molar-refractivity contribution is 7.71. The minimum atomic E-state index is -0.232. The zero-order valence-electron chi connectivity index (χ0n) is 11.2. The summed E-state index contributed by atoms with van der Waals surface area (Å²) in [7, 11) is 0. The molecule has 1 aromatic carbocycles. The van der Waals surface area contributed by atoms with Crippen LogP contribution in [0.15, 0.2) is 36.5 Å². The van der Waals surface area contributed by atoms with E-state index in [1.807, 2.05) is 30.5 Å². The highest BCUT2D eigenvalue weighted by Crippen LogP contribution is 2.26. The van der Waals surface area contributed by atoms with Gasteiger partial charge in [-0.3, -0.25) is 4.57 Å². The molecule has 102 valence electrons. The molecule has 2 heterocycles. The highest BCUT2D eigenvalue weighted by atomic mass is 32.1. The van der Waals surface area contributed by atoms with Crippen molar-refractivity contribution in [3.8, 4) is 0 Å². The van der Waals surface area contributed by atoms with Crippen molar-refractivity contribution in [1.82, 2.24) is 14.5 Å². The summed E-state index contributed by atoms with van der Waals surface area (Å²) in [6.45, 7) is 3.92. The second-order valence-electron chi connectivity index (χ2n) is 4.82. The summed E-state index contributed by atoms with van der Waals surface area (Å²) < 4.78 is 16.4. The molecule has 1 unspecified atom stereocenters. The molecule has 0 saturated heterocycles. The van der Waals surface area contributed by atoms with Gasteiger partial charge in [0.15, 0.2) is 10.4 Å². The van der Waals surface area contributed by atoms with Gasteiger partial charge >= 0.3 is 0 Å². The Balaban J connectivity index is 2.25. The van der Waals surface area contributed by atoms with Gasteiger partial charge in [0.1, 0.15) is 5.82 Å². The summed E-state index contributed by atoms with van der Waals surface area (Å²) >= 11 is 5.38. The quantitative estimate of drug-likeness (QED) is 0.718. The fourth-order valence-electron chi connectivity index (χ4n) is 2.46. The standard InChI is InChI=1S/C15H14FN3S/c1-9-7-8-17-14-13(9)18-15(20)19(14)10(2)11-5-3-4-6-12(11)16/h3-8,10H,1-2H3,(H,18,20). The van der Waals surface area contributed by atoms with Gasteiger partial charge in [-0.2, -0.15) is 0 Å². The predicted octanol–water partition coefficient (Wildman–Crippen LogP) is 4.15. The number of rotatable bonds is 2. The van der Waals surface area contributed by atoms with Crippen LogP contribution < -0.4 is 0 Å². The minimum Gasteiger partial charge on any atom is -0.329 e. The summed E-state index contributed by atoms with van der Waals surface area (Å²) in [5.74, 6) is -0.232. The number of nitrogens with one attached hydrogen (secondary N) is 1. The molecule has 1 atom stereocenters. The van der Waals surface area contributed by atoms with Gasteiger partial charge in [0.05, 0.1) is 11.6 Å². The molecule has 1 N–H and O–H groups in total. The van der Waals surface area contributed by atoms with E-state index in [0.717, 1.165) is 16.7 Å². The minimum absolute atomic E-state index is 0.216. The normalized spacial score (nSPS) is 12.8. The maximum absolute atomic E-state index is 14.0. The molecule has 0 aliphatic carbocycles. The van der Waals surface area contributed by atoms with E-state index >= 15 is 0 Å². The molecule has 0 aliphatic rings. The Kier molecular flexibility index (Phi) is 3.14. The lowest BCUT2D eigenvalue weighted by Crippen LogP contribution is -2.09. The maximum atomic E-state index is 14.0. The van der Waals surface area contributed by atoms with Crippen LogP contribution in [0.3, 0.4) is 0 Å². The Morgan fingerprint density at radius 3 is 2.80 bits per heavy atom. The number of fused-ring (bicyclic) bond motifs is 1. The third kappa shape index (κ3) is 1.94. The van der Waals surface area contributed by atoms with Gasteiger partial charge in [0.25, 0.3) is 0 Å². The van der Waals surface area contributed by atoms with Crippen LogP contribution in [0.25, 0.3) is 11.2 Å². The lowest BCUT2D eigenvalue weighted by atomic mass is 10.1. The number of hydrogen-bond donors (Lipinski definition) is 1. The Morgan fingerprint density at radius 1 is 1.30 bits per heavy atom. The smallest absolute Gasteiger partial charge is 0.179 e. The largest absolute Gasteiger partial charge is 0.329 e. The summed E-state index contributed by atoms with van der Waals surface area (Å²) in [6, 6.07) is 8.45. The van der Waals surface area contributed by atoms with Gasteiger partial charge in [-0.25, -0.2) is 9.37 Å². The number of hydrogen-bond acceptors (Lipinski definition) is 2. The van der Waals surface area contributed by atoms with Crippen LogP contribution in [0.2, 0.25) is 0 Å². The zero-order chi connectivity index (χ0) is 14.3. The second-order valence-corrected chi connectivity index (χ2v) is 5.21. The van der Waals surface area contributed by atoms with Crippen molar-refractivity contribution in [2.24, 2.45) is 0 Å². The van der Waals surface area contributed by atoms with Crippen molar-refractivity contribution in [3.63, 3.8) is 0 Å². The zero-order valence-corrected chi connectivity index (χ0v) is 12.0. The third-order valence-electron chi connectivity index (χ3n) is 3.56. The Bertz CT molecular complexity index is 834. The van der Waals surface area contributed by atoms with E-state index in [1.165, 1.54) is 6.07 Å². The average Bonchev–Trinajstić information content (AvgIpc) is 2.76. The molecule has 0 spiro atoms. The Hall–Kier alpha value is -2.01. The van der Waals surface area contributed by atoms with E-state index in [9.17, 15) is 4.39 Å². The van der Waals surface area contributed by atoms with Crippen molar-refractivity contribution >= 4 is 23.4 Å². The van der Waals surface area contributed by atoms with E-state index in [2.05, 4.69) is 9.97 Å². The maximum Gasteiger partial charge on any atom is 0.179 e. The predicted molar refractivity (Wildman–Crippen MR) is 79.9 cm³/mol. The van der Waals surface area contributed by atoms with Gasteiger partial charge in [0.2, 0.25) is 0 Å². The van der Waals surface area contributed by atoms with Crippen LogP contribution in [-0.2, 0) is 0 Å². The van der Waals surface area contributed by atoms with Crippen LogP contribution in [0.4, 0.5) is 4.39 Å². The molecule has 3 aromatic rings. The Morgan fingerprint density at radius 2 is 2.05 bits per heavy atom. The monoisotopic (exact) mass is 287 g/mol. The van der Waals surface area contributed by atoms with Crippen LogP contribution in [0.1, 0.15) is 24.1 Å². The molecule has 0 amide bonds. The first kappa shape index (κ1) is 13.0. The summed E-state index contributed by atoms with van der Waals surface area (Å²) in [5.41, 5.74) is 3.33. The lowest BCUT2D eigenvalue weighted by Gasteiger charge is -2.15. The second kappa shape index (κ2) is 4.83. The van der Waals surface area contributed by atoms with E-state index in [1.54, 1.807) is 18.3 Å². The number of nitrogens with zero attached hydrogens (tertiary/aromatic N) is 2. The molecule has 20 heavy (non-hydrogen) atoms. The molecule has 0 saturated carbocycles. The average molecular weight is 287 g/mol. The number of pyridine rings is 1. The number of imidazole rings is 1. The number of aromatic nitrogens is 3. The van der Waals surface area contributed by atoms with Crippen molar-refractivity contribution < 1.29 is 4.39 Å². The molecule has 3 rings (SSSR count). The van der Waals surface area contributed by atoms with Crippen molar-refractivity contribution in [1.29, 1.82) is 0 Å². The number of aromatic amines is 1. The van der Waals surface area contributed by atoms with Crippen molar-refractivity contribution in [3.05, 3.63) is 58.2 Å². The SMILES string of the molecule is Cc1ccnc2c1[nH]c(=S)n2C(C)c1ccccc1F. The van der Waals surface area contributed by atoms with Crippen LogP contribution in [-0.4, -0.2) is 14.5 Å². The van der Waals surface area contributed by atoms with Crippen LogP contribution >= 0.6 is 12.2 Å². The van der Waals surface area contributed by atoms with E-state index in [-0.39, 0.29) is 11.9 Å². The van der Waals surface area contributed by atoms with Gasteiger partial charge in [-0.1, -0.05) is 18.2 Å². The first-order chi connectivity index (χ1) is 9.59. The first-order valence-electron chi connectivity index (χ1n) is 6.40. The molecule has 0 aliphatic heterocycles. The molecular formula is C15H14FN3S. The van der Waals surface area contributed by atoms with Gasteiger partial charge in [-0.05, 0) is 43.8 Å². The number of halogens is 1. The molecule has 3 nitrogen and oxygen atoms in total. The molecule has 2 aromatic heterocycles. The molecule has 0 bridgehead atoms. The fourth-order valence-corrected chi connectivity index (χ4v) is 2.80. The summed E-state index contributed by atoms with van der Waals surface area (Å²) in [6.07, 6.45) is 1.74. The fraction of sp³-hybridized carbons (Fsp3) is 0.200. The molecule has 0 radical (unpaired) electrons. The van der Waals surface area contributed by atoms with Crippen LogP contribution in [0, 0.1) is 17.5 Å². The van der Waals surface area contributed by atoms with Gasteiger partial charge in [0, 0.05) is 11.8 Å². The topological polar surface area (TPSA) is 33.6 Å². The Labute approximate surface area is 121 Å². The van der Waals surface area contributed by atoms with Gasteiger partial charge in [-0.15, -0.1) is 0 Å². The number of aryl methyl sites for hydroxylation is 1. The summed E-state index contributed by atoms with van der Waals surface area (Å²) in [4.78, 5) is 7.54. The highest BCUT2D eigenvalue weighted by Gasteiger charge is 2.17. The van der Waals surface area contributed by atoms with Crippen molar-refractivity contribution in [2.45, 2.75) is 19.9 Å². The third-order valence-corrected chi connectivity index (χ3v) is 3.86. The lowest BCUT2D eigenvalue weighted by molar-refractivity contribution is 0.559. The van der Waals surface area contributed by atoms with E-state index in [4.69, 9.17) is 12.2 Å². The summed E-state index contributed by atoms with van der Waals surface area (Å²) in [5, 5.41) is 0. The number of H-pyrrole nitrogens is 1. The number of benzene rings is 1. The molecule has 0 fully saturated rings. The molecule has 5 heteroatoms. The van der Waals surface area contributed by atoms with Crippen molar-refractivity contribution in [2.75, 3.05) is 0 Å². The van der Waals surface area contributed by atoms with E-state index < -0.39 is 0 Å².